The van der Waals surface area contributed by atoms with Crippen LogP contribution in [0.4, 0.5) is 10.1 Å². The molecule has 0 bridgehead atoms. The molecule has 3 N–H and O–H groups in total. The van der Waals surface area contributed by atoms with Crippen LogP contribution in [0.3, 0.4) is 0 Å². The third-order valence-electron chi connectivity index (χ3n) is 2.60. The Labute approximate surface area is 112 Å². The Kier molecular flexibility index (Phi) is 5.56. The molecule has 0 saturated heterocycles. The molecule has 0 spiro atoms. The van der Waals surface area contributed by atoms with Crippen molar-refractivity contribution in [3.63, 3.8) is 0 Å². The maximum atomic E-state index is 12.9. The van der Waals surface area contributed by atoms with Crippen LogP contribution in [0.2, 0.25) is 5.02 Å². The lowest BCUT2D eigenvalue weighted by Crippen LogP contribution is -2.30. The van der Waals surface area contributed by atoms with E-state index in [1.807, 2.05) is 13.8 Å². The zero-order chi connectivity index (χ0) is 13.7. The quantitative estimate of drug-likeness (QED) is 0.866. The number of amides is 1. The fourth-order valence-electron chi connectivity index (χ4n) is 1.70. The molecule has 1 aromatic carbocycles. The van der Waals surface area contributed by atoms with E-state index in [2.05, 4.69) is 5.32 Å². The smallest absolute Gasteiger partial charge is 0.228 e. The number of rotatable bonds is 5. The number of halogens is 2. The summed E-state index contributed by atoms with van der Waals surface area (Å²) >= 11 is 5.84. The van der Waals surface area contributed by atoms with Gasteiger partial charge in [-0.25, -0.2) is 4.39 Å². The average Bonchev–Trinajstić information content (AvgIpc) is 2.29. The predicted molar refractivity (Wildman–Crippen MR) is 72.0 cm³/mol. The summed E-state index contributed by atoms with van der Waals surface area (Å²) in [5, 5.41) is 2.86. The number of hydrogen-bond acceptors (Lipinski definition) is 2. The van der Waals surface area contributed by atoms with Crippen LogP contribution in [0.5, 0.6) is 0 Å². The van der Waals surface area contributed by atoms with Crippen molar-refractivity contribution in [1.29, 1.82) is 0 Å². The SMILES string of the molecule is CC(C)CC(CN)C(=O)Nc1ccc(F)cc1Cl. The molecule has 0 radical (unpaired) electrons. The van der Waals surface area contributed by atoms with E-state index in [0.717, 1.165) is 6.07 Å². The average molecular weight is 273 g/mol. The van der Waals surface area contributed by atoms with Crippen LogP contribution in [0.25, 0.3) is 0 Å². The first-order valence-corrected chi connectivity index (χ1v) is 6.27. The maximum absolute atomic E-state index is 12.9. The van der Waals surface area contributed by atoms with Gasteiger partial charge in [-0.3, -0.25) is 4.79 Å². The lowest BCUT2D eigenvalue weighted by Gasteiger charge is -2.17. The Hall–Kier alpha value is -1.13. The minimum absolute atomic E-state index is 0.181. The summed E-state index contributed by atoms with van der Waals surface area (Å²) in [6.07, 6.45) is 0.709. The van der Waals surface area contributed by atoms with Crippen molar-refractivity contribution in [2.24, 2.45) is 17.6 Å². The van der Waals surface area contributed by atoms with Crippen molar-refractivity contribution in [3.8, 4) is 0 Å². The highest BCUT2D eigenvalue weighted by atomic mass is 35.5. The van der Waals surface area contributed by atoms with Crippen molar-refractivity contribution < 1.29 is 9.18 Å². The van der Waals surface area contributed by atoms with Gasteiger partial charge in [0.2, 0.25) is 5.91 Å². The van der Waals surface area contributed by atoms with E-state index >= 15 is 0 Å². The van der Waals surface area contributed by atoms with Crippen molar-refractivity contribution in [3.05, 3.63) is 29.0 Å². The molecular formula is C13H18ClFN2O. The van der Waals surface area contributed by atoms with Gasteiger partial charge < -0.3 is 11.1 Å². The van der Waals surface area contributed by atoms with Crippen LogP contribution >= 0.6 is 11.6 Å². The fourth-order valence-corrected chi connectivity index (χ4v) is 1.92. The van der Waals surface area contributed by atoms with Gasteiger partial charge in [0.1, 0.15) is 5.82 Å². The number of benzene rings is 1. The fraction of sp³-hybridized carbons (Fsp3) is 0.462. The van der Waals surface area contributed by atoms with Gasteiger partial charge in [0, 0.05) is 6.54 Å². The second-order valence-corrected chi connectivity index (χ2v) is 5.08. The van der Waals surface area contributed by atoms with Gasteiger partial charge in [0.05, 0.1) is 16.6 Å². The number of anilines is 1. The van der Waals surface area contributed by atoms with Crippen LogP contribution in [-0.4, -0.2) is 12.5 Å². The molecule has 0 aliphatic rings. The van der Waals surface area contributed by atoms with Crippen molar-refractivity contribution in [1.82, 2.24) is 0 Å². The Morgan fingerprint density at radius 2 is 2.17 bits per heavy atom. The molecule has 1 unspecified atom stereocenters. The molecule has 1 rings (SSSR count). The van der Waals surface area contributed by atoms with E-state index < -0.39 is 5.82 Å². The van der Waals surface area contributed by atoms with Crippen LogP contribution in [0.15, 0.2) is 18.2 Å². The van der Waals surface area contributed by atoms with Crippen molar-refractivity contribution in [2.75, 3.05) is 11.9 Å². The minimum atomic E-state index is -0.435. The molecule has 0 aromatic heterocycles. The summed E-state index contributed by atoms with van der Waals surface area (Å²) in [4.78, 5) is 12.0. The normalized spacial score (nSPS) is 12.6. The molecule has 1 aromatic rings. The summed E-state index contributed by atoms with van der Waals surface area (Å²) in [6.45, 7) is 4.34. The van der Waals surface area contributed by atoms with E-state index in [1.165, 1.54) is 12.1 Å². The summed E-state index contributed by atoms with van der Waals surface area (Å²) in [7, 11) is 0. The van der Waals surface area contributed by atoms with Crippen LogP contribution in [0.1, 0.15) is 20.3 Å². The molecule has 0 aliphatic heterocycles. The van der Waals surface area contributed by atoms with Gasteiger partial charge in [-0.15, -0.1) is 0 Å². The first kappa shape index (κ1) is 14.9. The van der Waals surface area contributed by atoms with Gasteiger partial charge in [0.25, 0.3) is 0 Å². The Morgan fingerprint density at radius 3 is 2.67 bits per heavy atom. The van der Waals surface area contributed by atoms with Gasteiger partial charge in [0.15, 0.2) is 0 Å². The van der Waals surface area contributed by atoms with Crippen LogP contribution < -0.4 is 11.1 Å². The van der Waals surface area contributed by atoms with E-state index in [4.69, 9.17) is 17.3 Å². The molecular weight excluding hydrogens is 255 g/mol. The molecule has 0 fully saturated rings. The molecule has 0 aliphatic carbocycles. The molecule has 5 heteroatoms. The van der Waals surface area contributed by atoms with E-state index in [9.17, 15) is 9.18 Å². The summed E-state index contributed by atoms with van der Waals surface area (Å²) in [5.74, 6) is -0.491. The summed E-state index contributed by atoms with van der Waals surface area (Å²) < 4.78 is 12.9. The lowest BCUT2D eigenvalue weighted by atomic mass is 9.96. The Morgan fingerprint density at radius 1 is 1.50 bits per heavy atom. The Balaban J connectivity index is 2.73. The third kappa shape index (κ3) is 4.27. The van der Waals surface area contributed by atoms with Crippen LogP contribution in [-0.2, 0) is 4.79 Å². The third-order valence-corrected chi connectivity index (χ3v) is 2.91. The van der Waals surface area contributed by atoms with E-state index in [1.54, 1.807) is 0 Å². The van der Waals surface area contributed by atoms with Crippen molar-refractivity contribution >= 4 is 23.2 Å². The molecule has 100 valence electrons. The van der Waals surface area contributed by atoms with Gasteiger partial charge in [-0.2, -0.15) is 0 Å². The zero-order valence-corrected chi connectivity index (χ0v) is 11.3. The van der Waals surface area contributed by atoms with Crippen LogP contribution in [0, 0.1) is 17.7 Å². The highest BCUT2D eigenvalue weighted by Crippen LogP contribution is 2.23. The second kappa shape index (κ2) is 6.71. The monoisotopic (exact) mass is 272 g/mol. The number of hydrogen-bond donors (Lipinski definition) is 2. The molecule has 1 atom stereocenters. The second-order valence-electron chi connectivity index (χ2n) is 4.68. The van der Waals surface area contributed by atoms with Gasteiger partial charge in [-0.05, 0) is 30.5 Å². The van der Waals surface area contributed by atoms with Crippen molar-refractivity contribution in [2.45, 2.75) is 20.3 Å². The Bertz CT molecular complexity index is 423. The topological polar surface area (TPSA) is 55.1 Å². The highest BCUT2D eigenvalue weighted by molar-refractivity contribution is 6.33. The standard InChI is InChI=1S/C13H18ClFN2O/c1-8(2)5-9(7-16)13(18)17-12-4-3-10(15)6-11(12)14/h3-4,6,8-9H,5,7,16H2,1-2H3,(H,17,18). The largest absolute Gasteiger partial charge is 0.330 e. The summed E-state index contributed by atoms with van der Waals surface area (Å²) in [6, 6.07) is 3.86. The highest BCUT2D eigenvalue weighted by Gasteiger charge is 2.19. The number of nitrogens with one attached hydrogen (secondary N) is 1. The lowest BCUT2D eigenvalue weighted by molar-refractivity contribution is -0.120. The number of nitrogens with two attached hydrogens (primary N) is 1. The molecule has 18 heavy (non-hydrogen) atoms. The molecule has 3 nitrogen and oxygen atoms in total. The molecule has 0 saturated carbocycles. The summed E-state index contributed by atoms with van der Waals surface area (Å²) in [5.41, 5.74) is 5.99. The first-order chi connectivity index (χ1) is 8.43. The predicted octanol–water partition coefficient (Wildman–Crippen LogP) is 3.04. The van der Waals surface area contributed by atoms with E-state index in [-0.39, 0.29) is 23.4 Å². The number of carbonyl (C=O) groups excluding carboxylic acids is 1. The van der Waals surface area contributed by atoms with Gasteiger partial charge >= 0.3 is 0 Å². The van der Waals surface area contributed by atoms with Gasteiger partial charge in [-0.1, -0.05) is 25.4 Å². The zero-order valence-electron chi connectivity index (χ0n) is 10.5. The number of carbonyl (C=O) groups is 1. The van der Waals surface area contributed by atoms with E-state index in [0.29, 0.717) is 18.0 Å². The molecule has 1 amide bonds. The first-order valence-electron chi connectivity index (χ1n) is 5.90. The maximum Gasteiger partial charge on any atom is 0.228 e. The minimum Gasteiger partial charge on any atom is -0.330 e. The molecule has 0 heterocycles.